The average molecular weight is 346 g/mol. The van der Waals surface area contributed by atoms with E-state index in [2.05, 4.69) is 32.7 Å². The van der Waals surface area contributed by atoms with Crippen molar-refractivity contribution in [3.05, 3.63) is 18.2 Å². The molecule has 2 N–H and O–H groups in total. The number of nitrogens with one attached hydrogen (secondary N) is 2. The van der Waals surface area contributed by atoms with Crippen LogP contribution in [0.5, 0.6) is 11.5 Å². The molecule has 1 heterocycles. The van der Waals surface area contributed by atoms with Crippen LogP contribution in [0.15, 0.2) is 23.2 Å². The zero-order valence-corrected chi connectivity index (χ0v) is 15.5. The number of hydrogen-bond donors (Lipinski definition) is 2. The molecule has 6 nitrogen and oxygen atoms in total. The van der Waals surface area contributed by atoms with Gasteiger partial charge in [-0.25, -0.2) is 0 Å². The van der Waals surface area contributed by atoms with Crippen molar-refractivity contribution in [2.24, 2.45) is 10.9 Å². The van der Waals surface area contributed by atoms with Gasteiger partial charge in [0.15, 0.2) is 5.96 Å². The standard InChI is InChI=1S/C19H30N4O2/c1-20-19(21-13-14-4-5-14)22-15-6-8-23(9-7-15)16-10-17(24-2)12-18(11-16)25-3/h10-12,14-15H,4-9,13H2,1-3H3,(H2,20,21,22). The Morgan fingerprint density at radius 1 is 1.08 bits per heavy atom. The van der Waals surface area contributed by atoms with Crippen LogP contribution in [-0.2, 0) is 0 Å². The Morgan fingerprint density at radius 2 is 1.72 bits per heavy atom. The molecule has 0 radical (unpaired) electrons. The lowest BCUT2D eigenvalue weighted by molar-refractivity contribution is 0.393. The van der Waals surface area contributed by atoms with Crippen LogP contribution in [0.3, 0.4) is 0 Å². The van der Waals surface area contributed by atoms with E-state index in [9.17, 15) is 0 Å². The smallest absolute Gasteiger partial charge is 0.191 e. The van der Waals surface area contributed by atoms with E-state index in [1.54, 1.807) is 14.2 Å². The summed E-state index contributed by atoms with van der Waals surface area (Å²) in [7, 11) is 5.23. The Labute approximate surface area is 150 Å². The predicted molar refractivity (Wildman–Crippen MR) is 102 cm³/mol. The minimum atomic E-state index is 0.467. The van der Waals surface area contributed by atoms with Gasteiger partial charge in [-0.3, -0.25) is 4.99 Å². The first-order valence-electron chi connectivity index (χ1n) is 9.17. The maximum atomic E-state index is 5.38. The number of nitrogens with zero attached hydrogens (tertiary/aromatic N) is 2. The van der Waals surface area contributed by atoms with E-state index in [4.69, 9.17) is 9.47 Å². The van der Waals surface area contributed by atoms with Crippen LogP contribution in [0.25, 0.3) is 0 Å². The minimum Gasteiger partial charge on any atom is -0.497 e. The lowest BCUT2D eigenvalue weighted by atomic mass is 10.0. The van der Waals surface area contributed by atoms with Gasteiger partial charge < -0.3 is 25.0 Å². The number of rotatable bonds is 6. The fraction of sp³-hybridized carbons (Fsp3) is 0.632. The number of guanidine groups is 1. The summed E-state index contributed by atoms with van der Waals surface area (Å²) in [6.45, 7) is 3.06. The van der Waals surface area contributed by atoms with Crippen molar-refractivity contribution in [1.82, 2.24) is 10.6 Å². The quantitative estimate of drug-likeness (QED) is 0.611. The molecule has 1 aliphatic heterocycles. The van der Waals surface area contributed by atoms with Crippen LogP contribution in [0.1, 0.15) is 25.7 Å². The first kappa shape index (κ1) is 17.7. The van der Waals surface area contributed by atoms with Crippen LogP contribution < -0.4 is 25.0 Å². The molecule has 6 heteroatoms. The topological polar surface area (TPSA) is 58.1 Å². The van der Waals surface area contributed by atoms with E-state index < -0.39 is 0 Å². The van der Waals surface area contributed by atoms with Crippen molar-refractivity contribution in [2.45, 2.75) is 31.7 Å². The third-order valence-electron chi connectivity index (χ3n) is 5.02. The van der Waals surface area contributed by atoms with Gasteiger partial charge in [0.1, 0.15) is 11.5 Å². The molecule has 1 aromatic carbocycles. The zero-order chi connectivity index (χ0) is 17.6. The molecule has 1 saturated heterocycles. The molecular formula is C19H30N4O2. The number of piperidine rings is 1. The van der Waals surface area contributed by atoms with E-state index in [0.29, 0.717) is 6.04 Å². The maximum Gasteiger partial charge on any atom is 0.191 e. The molecule has 138 valence electrons. The molecule has 1 aliphatic carbocycles. The van der Waals surface area contributed by atoms with E-state index in [0.717, 1.165) is 61.5 Å². The van der Waals surface area contributed by atoms with E-state index in [1.165, 1.54) is 12.8 Å². The molecule has 0 unspecified atom stereocenters. The van der Waals surface area contributed by atoms with Crippen LogP contribution in [-0.4, -0.2) is 52.9 Å². The van der Waals surface area contributed by atoms with Gasteiger partial charge in [0, 0.05) is 56.6 Å². The summed E-state index contributed by atoms with van der Waals surface area (Å²) in [6.07, 6.45) is 4.88. The Bertz CT molecular complexity index is 571. The molecule has 0 atom stereocenters. The van der Waals surface area contributed by atoms with Gasteiger partial charge in [0.25, 0.3) is 0 Å². The molecule has 3 rings (SSSR count). The van der Waals surface area contributed by atoms with Crippen molar-refractivity contribution >= 4 is 11.6 Å². The third-order valence-corrected chi connectivity index (χ3v) is 5.02. The van der Waals surface area contributed by atoms with Crippen LogP contribution in [0.2, 0.25) is 0 Å². The van der Waals surface area contributed by atoms with Crippen molar-refractivity contribution in [2.75, 3.05) is 45.8 Å². The van der Waals surface area contributed by atoms with Crippen LogP contribution in [0, 0.1) is 5.92 Å². The zero-order valence-electron chi connectivity index (χ0n) is 15.5. The molecule has 2 aliphatic rings. The average Bonchev–Trinajstić information content (AvgIpc) is 3.49. The molecule has 0 aromatic heterocycles. The number of methoxy groups -OCH3 is 2. The van der Waals surface area contributed by atoms with Crippen molar-refractivity contribution in [3.63, 3.8) is 0 Å². The molecule has 0 amide bonds. The first-order valence-corrected chi connectivity index (χ1v) is 9.17. The van der Waals surface area contributed by atoms with Crippen molar-refractivity contribution in [1.29, 1.82) is 0 Å². The summed E-state index contributed by atoms with van der Waals surface area (Å²) in [6, 6.07) is 6.53. The van der Waals surface area contributed by atoms with Gasteiger partial charge >= 0.3 is 0 Å². The van der Waals surface area contributed by atoms with Gasteiger partial charge in [-0.2, -0.15) is 0 Å². The maximum absolute atomic E-state index is 5.38. The second-order valence-electron chi connectivity index (χ2n) is 6.87. The first-order chi connectivity index (χ1) is 12.2. The molecule has 2 fully saturated rings. The molecular weight excluding hydrogens is 316 g/mol. The fourth-order valence-electron chi connectivity index (χ4n) is 3.21. The van der Waals surface area contributed by atoms with E-state index in [1.807, 2.05) is 13.1 Å². The molecule has 0 bridgehead atoms. The Kier molecular flexibility index (Phi) is 5.89. The number of ether oxygens (including phenoxy) is 2. The predicted octanol–water partition coefficient (Wildman–Crippen LogP) is 2.25. The van der Waals surface area contributed by atoms with Gasteiger partial charge in [-0.1, -0.05) is 0 Å². The van der Waals surface area contributed by atoms with Crippen molar-refractivity contribution < 1.29 is 9.47 Å². The van der Waals surface area contributed by atoms with E-state index >= 15 is 0 Å². The molecule has 0 spiro atoms. The largest absolute Gasteiger partial charge is 0.497 e. The Balaban J connectivity index is 1.52. The minimum absolute atomic E-state index is 0.467. The summed E-state index contributed by atoms with van der Waals surface area (Å²) in [5.41, 5.74) is 1.16. The van der Waals surface area contributed by atoms with Gasteiger partial charge in [-0.05, 0) is 31.6 Å². The number of hydrogen-bond acceptors (Lipinski definition) is 4. The normalized spacial score (nSPS) is 18.8. The third kappa shape index (κ3) is 4.94. The lowest BCUT2D eigenvalue weighted by Gasteiger charge is -2.34. The summed E-state index contributed by atoms with van der Waals surface area (Å²) >= 11 is 0. The second-order valence-corrected chi connectivity index (χ2v) is 6.87. The summed E-state index contributed by atoms with van der Waals surface area (Å²) in [5.74, 6) is 3.45. The highest BCUT2D eigenvalue weighted by molar-refractivity contribution is 5.80. The van der Waals surface area contributed by atoms with E-state index in [-0.39, 0.29) is 0 Å². The monoisotopic (exact) mass is 346 g/mol. The van der Waals surface area contributed by atoms with Gasteiger partial charge in [0.2, 0.25) is 0 Å². The SMILES string of the molecule is CN=C(NCC1CC1)NC1CCN(c2cc(OC)cc(OC)c2)CC1. The molecule has 25 heavy (non-hydrogen) atoms. The lowest BCUT2D eigenvalue weighted by Crippen LogP contribution is -2.49. The Morgan fingerprint density at radius 3 is 2.24 bits per heavy atom. The Hall–Kier alpha value is -2.11. The van der Waals surface area contributed by atoms with Crippen LogP contribution >= 0.6 is 0 Å². The summed E-state index contributed by atoms with van der Waals surface area (Å²) in [4.78, 5) is 6.74. The summed E-state index contributed by atoms with van der Waals surface area (Å²) < 4.78 is 10.8. The highest BCUT2D eigenvalue weighted by Gasteiger charge is 2.23. The van der Waals surface area contributed by atoms with Crippen molar-refractivity contribution in [3.8, 4) is 11.5 Å². The molecule has 1 aromatic rings. The number of benzene rings is 1. The number of anilines is 1. The number of aliphatic imine (C=N–C) groups is 1. The van der Waals surface area contributed by atoms with Gasteiger partial charge in [-0.15, -0.1) is 0 Å². The van der Waals surface area contributed by atoms with Gasteiger partial charge in [0.05, 0.1) is 14.2 Å². The fourth-order valence-corrected chi connectivity index (χ4v) is 3.21. The molecule has 1 saturated carbocycles. The highest BCUT2D eigenvalue weighted by Crippen LogP contribution is 2.30. The second kappa shape index (κ2) is 8.32. The summed E-state index contributed by atoms with van der Waals surface area (Å²) in [5, 5.41) is 7.01. The highest BCUT2D eigenvalue weighted by atomic mass is 16.5. The van der Waals surface area contributed by atoms with Crippen LogP contribution in [0.4, 0.5) is 5.69 Å².